The van der Waals surface area contributed by atoms with Crippen LogP contribution in [0.15, 0.2) is 29.2 Å². The van der Waals surface area contributed by atoms with Crippen molar-refractivity contribution in [1.82, 2.24) is 5.32 Å². The molecule has 1 aromatic carbocycles. The summed E-state index contributed by atoms with van der Waals surface area (Å²) in [6.07, 6.45) is -1.63. The Kier molecular flexibility index (Phi) is 6.37. The van der Waals surface area contributed by atoms with Gasteiger partial charge < -0.3 is 19.9 Å². The van der Waals surface area contributed by atoms with Crippen molar-refractivity contribution in [3.05, 3.63) is 24.3 Å². The van der Waals surface area contributed by atoms with Crippen LogP contribution in [0.1, 0.15) is 20.8 Å². The molecule has 130 valence electrons. The zero-order valence-electron chi connectivity index (χ0n) is 13.3. The molecule has 0 aliphatic heterocycles. The van der Waals surface area contributed by atoms with Gasteiger partial charge in [-0.25, -0.2) is 18.4 Å². The maximum atomic E-state index is 11.4. The molecule has 0 heterocycles. The predicted molar refractivity (Wildman–Crippen MR) is 83.6 cm³/mol. The molecule has 1 aromatic rings. The summed E-state index contributed by atoms with van der Waals surface area (Å²) in [4.78, 5) is 11.3. The van der Waals surface area contributed by atoms with Gasteiger partial charge in [0.1, 0.15) is 24.1 Å². The summed E-state index contributed by atoms with van der Waals surface area (Å²) in [5.74, 6) is 0.243. The first-order valence-corrected chi connectivity index (χ1v) is 8.42. The van der Waals surface area contributed by atoms with Gasteiger partial charge in [0.15, 0.2) is 0 Å². The second-order valence-corrected chi connectivity index (χ2v) is 7.43. The second-order valence-electron chi connectivity index (χ2n) is 5.87. The Bertz CT molecular complexity index is 639. The molecule has 0 aromatic heterocycles. The molecule has 1 rings (SSSR count). The molecular formula is C14H22N2O6S. The van der Waals surface area contributed by atoms with E-state index < -0.39 is 27.8 Å². The first-order valence-electron chi connectivity index (χ1n) is 6.88. The van der Waals surface area contributed by atoms with E-state index in [0.717, 1.165) is 0 Å². The van der Waals surface area contributed by atoms with E-state index in [9.17, 15) is 18.3 Å². The minimum absolute atomic E-state index is 0.0657. The van der Waals surface area contributed by atoms with Crippen molar-refractivity contribution >= 4 is 16.1 Å². The van der Waals surface area contributed by atoms with Gasteiger partial charge in [-0.1, -0.05) is 6.07 Å². The van der Waals surface area contributed by atoms with Gasteiger partial charge in [0, 0.05) is 6.07 Å². The van der Waals surface area contributed by atoms with E-state index in [1.54, 1.807) is 20.8 Å². The summed E-state index contributed by atoms with van der Waals surface area (Å²) < 4.78 is 32.7. The summed E-state index contributed by atoms with van der Waals surface area (Å²) in [6, 6.07) is 5.59. The lowest BCUT2D eigenvalue weighted by Crippen LogP contribution is -2.38. The number of ether oxygens (including phenoxy) is 2. The lowest BCUT2D eigenvalue weighted by Gasteiger charge is -2.20. The van der Waals surface area contributed by atoms with Crippen molar-refractivity contribution in [1.29, 1.82) is 0 Å². The molecule has 0 saturated carbocycles. The SMILES string of the molecule is CC(C)(C)OC(=O)NC[C@H](O)COc1cccc(S(N)(=O)=O)c1. The standard InChI is InChI=1S/C14H22N2O6S/c1-14(2,3)22-13(18)16-8-10(17)9-21-11-5-4-6-12(7-11)23(15,19)20/h4-7,10,17H,8-9H2,1-3H3,(H,16,18)(H2,15,19,20)/t10-/m0/s1. The lowest BCUT2D eigenvalue weighted by atomic mass is 10.2. The molecule has 0 spiro atoms. The number of aliphatic hydroxyl groups excluding tert-OH is 1. The van der Waals surface area contributed by atoms with E-state index in [1.165, 1.54) is 24.3 Å². The fourth-order valence-electron chi connectivity index (χ4n) is 1.51. The molecule has 0 saturated heterocycles. The number of primary sulfonamides is 1. The molecule has 0 radical (unpaired) electrons. The minimum Gasteiger partial charge on any atom is -0.491 e. The molecule has 0 fully saturated rings. The van der Waals surface area contributed by atoms with Crippen LogP contribution in [0.5, 0.6) is 5.75 Å². The Morgan fingerprint density at radius 1 is 1.39 bits per heavy atom. The van der Waals surface area contributed by atoms with Crippen molar-refractivity contribution in [3.8, 4) is 5.75 Å². The highest BCUT2D eigenvalue weighted by Gasteiger charge is 2.17. The van der Waals surface area contributed by atoms with Crippen LogP contribution in [0.2, 0.25) is 0 Å². The van der Waals surface area contributed by atoms with Gasteiger partial charge in [0.2, 0.25) is 10.0 Å². The average molecular weight is 346 g/mol. The summed E-state index contributed by atoms with van der Waals surface area (Å²) in [5.41, 5.74) is -0.625. The van der Waals surface area contributed by atoms with E-state index in [-0.39, 0.29) is 23.8 Å². The second kappa shape index (κ2) is 7.62. The van der Waals surface area contributed by atoms with Crippen LogP contribution in [0.25, 0.3) is 0 Å². The minimum atomic E-state index is -3.82. The number of carbonyl (C=O) groups excluding carboxylic acids is 1. The van der Waals surface area contributed by atoms with Gasteiger partial charge in [0.25, 0.3) is 0 Å². The third kappa shape index (κ3) is 7.82. The highest BCUT2D eigenvalue weighted by Crippen LogP contribution is 2.16. The van der Waals surface area contributed by atoms with E-state index in [1.807, 2.05) is 0 Å². The van der Waals surface area contributed by atoms with E-state index in [4.69, 9.17) is 14.6 Å². The predicted octanol–water partition coefficient (Wildman–Crippen LogP) is 0.598. The zero-order chi connectivity index (χ0) is 17.7. The third-order valence-corrected chi connectivity index (χ3v) is 3.37. The Balaban J connectivity index is 2.45. The first-order chi connectivity index (χ1) is 10.5. The van der Waals surface area contributed by atoms with Crippen molar-refractivity contribution in [2.24, 2.45) is 5.14 Å². The molecule has 0 aliphatic rings. The molecule has 1 atom stereocenters. The maximum Gasteiger partial charge on any atom is 0.407 e. The number of alkyl carbamates (subject to hydrolysis) is 1. The molecule has 4 N–H and O–H groups in total. The Hall–Kier alpha value is -1.84. The largest absolute Gasteiger partial charge is 0.491 e. The van der Waals surface area contributed by atoms with E-state index >= 15 is 0 Å². The summed E-state index contributed by atoms with van der Waals surface area (Å²) in [7, 11) is -3.82. The number of nitrogens with one attached hydrogen (secondary N) is 1. The average Bonchev–Trinajstić information content (AvgIpc) is 2.40. The van der Waals surface area contributed by atoms with Gasteiger partial charge in [-0.05, 0) is 32.9 Å². The van der Waals surface area contributed by atoms with Gasteiger partial charge in [-0.2, -0.15) is 0 Å². The molecule has 0 bridgehead atoms. The van der Waals surface area contributed by atoms with Crippen LogP contribution in [0, 0.1) is 0 Å². The van der Waals surface area contributed by atoms with Crippen molar-refractivity contribution in [2.75, 3.05) is 13.2 Å². The number of amides is 1. The quantitative estimate of drug-likeness (QED) is 0.692. The van der Waals surface area contributed by atoms with Crippen LogP contribution >= 0.6 is 0 Å². The molecule has 1 amide bonds. The molecular weight excluding hydrogens is 324 g/mol. The number of hydrogen-bond acceptors (Lipinski definition) is 6. The molecule has 8 nitrogen and oxygen atoms in total. The molecule has 0 unspecified atom stereocenters. The summed E-state index contributed by atoms with van der Waals surface area (Å²) in [6.45, 7) is 4.98. The van der Waals surface area contributed by atoms with Gasteiger partial charge >= 0.3 is 6.09 Å². The van der Waals surface area contributed by atoms with E-state index in [2.05, 4.69) is 5.32 Å². The number of carbonyl (C=O) groups is 1. The monoisotopic (exact) mass is 346 g/mol. The zero-order valence-corrected chi connectivity index (χ0v) is 14.1. The highest BCUT2D eigenvalue weighted by atomic mass is 32.2. The highest BCUT2D eigenvalue weighted by molar-refractivity contribution is 7.89. The summed E-state index contributed by atoms with van der Waals surface area (Å²) in [5, 5.41) is 17.2. The number of benzene rings is 1. The van der Waals surface area contributed by atoms with Crippen molar-refractivity contribution in [2.45, 2.75) is 37.4 Å². The summed E-state index contributed by atoms with van der Waals surface area (Å²) >= 11 is 0. The van der Waals surface area contributed by atoms with Gasteiger partial charge in [0.05, 0.1) is 11.4 Å². The normalized spacial score (nSPS) is 13.3. The van der Waals surface area contributed by atoms with Crippen molar-refractivity contribution < 1.29 is 27.8 Å². The Morgan fingerprint density at radius 3 is 2.61 bits per heavy atom. The van der Waals surface area contributed by atoms with Crippen LogP contribution in [0.3, 0.4) is 0 Å². The lowest BCUT2D eigenvalue weighted by molar-refractivity contribution is 0.0463. The van der Waals surface area contributed by atoms with Crippen LogP contribution in [0.4, 0.5) is 4.79 Å². The maximum absolute atomic E-state index is 11.4. The number of aliphatic hydroxyl groups is 1. The third-order valence-electron chi connectivity index (χ3n) is 2.46. The fraction of sp³-hybridized carbons (Fsp3) is 0.500. The Labute approximate surface area is 135 Å². The number of nitrogens with two attached hydrogens (primary N) is 1. The topological polar surface area (TPSA) is 128 Å². The molecule has 0 aliphatic carbocycles. The Morgan fingerprint density at radius 2 is 2.04 bits per heavy atom. The van der Waals surface area contributed by atoms with Gasteiger partial charge in [-0.3, -0.25) is 0 Å². The number of rotatable bonds is 6. The van der Waals surface area contributed by atoms with E-state index in [0.29, 0.717) is 0 Å². The van der Waals surface area contributed by atoms with Crippen LogP contribution in [-0.2, 0) is 14.8 Å². The van der Waals surface area contributed by atoms with Crippen LogP contribution in [-0.4, -0.2) is 44.5 Å². The molecule has 9 heteroatoms. The number of hydrogen-bond donors (Lipinski definition) is 3. The van der Waals surface area contributed by atoms with Crippen LogP contribution < -0.4 is 15.2 Å². The smallest absolute Gasteiger partial charge is 0.407 e. The fourth-order valence-corrected chi connectivity index (χ4v) is 2.06. The first kappa shape index (κ1) is 19.2. The number of sulfonamides is 1. The van der Waals surface area contributed by atoms with Crippen molar-refractivity contribution in [3.63, 3.8) is 0 Å². The molecule has 23 heavy (non-hydrogen) atoms. The van der Waals surface area contributed by atoms with Gasteiger partial charge in [-0.15, -0.1) is 0 Å².